The Hall–Kier alpha value is -2.28. The molecule has 1 aromatic heterocycles. The lowest BCUT2D eigenvalue weighted by Crippen LogP contribution is -1.83. The molecule has 4 rings (SSSR count). The summed E-state index contributed by atoms with van der Waals surface area (Å²) in [6.07, 6.45) is 3.03. The Morgan fingerprint density at radius 1 is 0.778 bits per heavy atom. The molecule has 1 aliphatic carbocycles. The molecule has 0 amide bonds. The highest BCUT2D eigenvalue weighted by molar-refractivity contribution is 5.79. The van der Waals surface area contributed by atoms with E-state index in [0.29, 0.717) is 0 Å². The first-order valence-electron chi connectivity index (χ1n) is 6.27. The normalized spacial score (nSPS) is 12.2. The maximum Gasteiger partial charge on any atom is 0.0453 e. The van der Waals surface area contributed by atoms with E-state index in [1.165, 1.54) is 33.5 Å². The summed E-state index contributed by atoms with van der Waals surface area (Å²) in [6.45, 7) is 0. The largest absolute Gasteiger partial charge is 0.361 e. The lowest BCUT2D eigenvalue weighted by Gasteiger charge is -2.03. The van der Waals surface area contributed by atoms with Crippen LogP contribution in [-0.4, -0.2) is 4.98 Å². The summed E-state index contributed by atoms with van der Waals surface area (Å²) >= 11 is 0. The fraction of sp³-hybridized carbons (Fsp3) is 0.0588. The van der Waals surface area contributed by atoms with Crippen LogP contribution in [0.2, 0.25) is 0 Å². The molecule has 0 radical (unpaired) electrons. The average molecular weight is 231 g/mol. The molecule has 86 valence electrons. The lowest BCUT2D eigenvalue weighted by molar-refractivity contribution is 1.26. The van der Waals surface area contributed by atoms with Gasteiger partial charge in [0.15, 0.2) is 0 Å². The van der Waals surface area contributed by atoms with Crippen molar-refractivity contribution in [3.63, 3.8) is 0 Å². The van der Waals surface area contributed by atoms with Gasteiger partial charge in [-0.25, -0.2) is 0 Å². The monoisotopic (exact) mass is 231 g/mol. The predicted octanol–water partition coefficient (Wildman–Crippen LogP) is 4.25. The third kappa shape index (κ3) is 1.34. The molecular weight excluding hydrogens is 218 g/mol. The van der Waals surface area contributed by atoms with Gasteiger partial charge in [0.05, 0.1) is 0 Å². The molecule has 0 unspecified atom stereocenters. The van der Waals surface area contributed by atoms with Crippen molar-refractivity contribution >= 4 is 0 Å². The number of fused-ring (bicyclic) bond motifs is 3. The minimum absolute atomic E-state index is 1.06. The van der Waals surface area contributed by atoms with Gasteiger partial charge in [0, 0.05) is 11.9 Å². The Labute approximate surface area is 106 Å². The highest BCUT2D eigenvalue weighted by atomic mass is 14.7. The summed E-state index contributed by atoms with van der Waals surface area (Å²) in [5.41, 5.74) is 8.12. The fourth-order valence-electron chi connectivity index (χ4n) is 2.82. The van der Waals surface area contributed by atoms with Crippen LogP contribution in [0.4, 0.5) is 0 Å². The summed E-state index contributed by atoms with van der Waals surface area (Å²) in [4.78, 5) is 3.27. The summed E-state index contributed by atoms with van der Waals surface area (Å²) in [6, 6.07) is 19.6. The van der Waals surface area contributed by atoms with Gasteiger partial charge >= 0.3 is 0 Å². The maximum absolute atomic E-state index is 3.27. The molecule has 1 nitrogen and oxygen atoms in total. The van der Waals surface area contributed by atoms with Gasteiger partial charge in [-0.2, -0.15) is 0 Å². The Balaban J connectivity index is 1.87. The van der Waals surface area contributed by atoms with Crippen LogP contribution in [-0.2, 0) is 6.42 Å². The van der Waals surface area contributed by atoms with Crippen LogP contribution in [0, 0.1) is 0 Å². The molecule has 0 bridgehead atoms. The number of nitrogens with one attached hydrogen (secondary N) is 1. The zero-order valence-electron chi connectivity index (χ0n) is 9.98. The van der Waals surface area contributed by atoms with Crippen LogP contribution < -0.4 is 0 Å². The Kier molecular flexibility index (Phi) is 1.95. The Morgan fingerprint density at radius 2 is 1.67 bits per heavy atom. The third-order valence-corrected chi connectivity index (χ3v) is 3.70. The molecular formula is C17H13N. The zero-order chi connectivity index (χ0) is 11.9. The van der Waals surface area contributed by atoms with E-state index in [1.54, 1.807) is 0 Å². The van der Waals surface area contributed by atoms with E-state index in [0.717, 1.165) is 6.42 Å². The molecule has 1 heteroatoms. The molecule has 0 aliphatic heterocycles. The first kappa shape index (κ1) is 9.72. The second-order valence-electron chi connectivity index (χ2n) is 4.79. The molecule has 2 aromatic carbocycles. The van der Waals surface area contributed by atoms with Crippen molar-refractivity contribution < 1.29 is 0 Å². The van der Waals surface area contributed by atoms with Crippen LogP contribution >= 0.6 is 0 Å². The molecule has 18 heavy (non-hydrogen) atoms. The predicted molar refractivity (Wildman–Crippen MR) is 74.5 cm³/mol. The smallest absolute Gasteiger partial charge is 0.0453 e. The van der Waals surface area contributed by atoms with Gasteiger partial charge in [0.1, 0.15) is 0 Å². The second-order valence-corrected chi connectivity index (χ2v) is 4.79. The summed E-state index contributed by atoms with van der Waals surface area (Å²) < 4.78 is 0. The van der Waals surface area contributed by atoms with Crippen LogP contribution in [0.5, 0.6) is 0 Å². The van der Waals surface area contributed by atoms with E-state index in [1.807, 2.05) is 12.3 Å². The molecule has 0 saturated heterocycles. The third-order valence-electron chi connectivity index (χ3n) is 3.70. The number of rotatable bonds is 1. The molecule has 0 spiro atoms. The van der Waals surface area contributed by atoms with Gasteiger partial charge in [-0.15, -0.1) is 0 Å². The molecule has 1 heterocycles. The van der Waals surface area contributed by atoms with Gasteiger partial charge in [-0.3, -0.25) is 0 Å². The number of hydrogen-bond donors (Lipinski definition) is 1. The maximum atomic E-state index is 3.27. The SMILES string of the molecule is c1c[nH]c(-c2ccc3c(c2)Cc2ccccc2-3)c1. The van der Waals surface area contributed by atoms with E-state index in [9.17, 15) is 0 Å². The highest BCUT2D eigenvalue weighted by Gasteiger charge is 2.17. The van der Waals surface area contributed by atoms with Crippen molar-refractivity contribution in [1.82, 2.24) is 4.98 Å². The van der Waals surface area contributed by atoms with E-state index in [4.69, 9.17) is 0 Å². The van der Waals surface area contributed by atoms with Crippen LogP contribution in [0.25, 0.3) is 22.4 Å². The van der Waals surface area contributed by atoms with Crippen LogP contribution in [0.15, 0.2) is 60.8 Å². The van der Waals surface area contributed by atoms with E-state index < -0.39 is 0 Å². The molecule has 1 aliphatic rings. The van der Waals surface area contributed by atoms with Gasteiger partial charge < -0.3 is 4.98 Å². The fourth-order valence-corrected chi connectivity index (χ4v) is 2.82. The van der Waals surface area contributed by atoms with Crippen LogP contribution in [0.3, 0.4) is 0 Å². The highest BCUT2D eigenvalue weighted by Crippen LogP contribution is 2.38. The van der Waals surface area contributed by atoms with Gasteiger partial charge in [0.2, 0.25) is 0 Å². The minimum atomic E-state index is 1.06. The number of aromatic nitrogens is 1. The van der Waals surface area contributed by atoms with Crippen molar-refractivity contribution in [1.29, 1.82) is 0 Å². The number of hydrogen-bond acceptors (Lipinski definition) is 0. The standard InChI is InChI=1S/C17H13N/c1-2-5-15-12(4-1)10-14-11-13(7-8-16(14)15)17-6-3-9-18-17/h1-9,11,18H,10H2. The molecule has 0 atom stereocenters. The first-order valence-corrected chi connectivity index (χ1v) is 6.27. The topological polar surface area (TPSA) is 15.8 Å². The first-order chi connectivity index (χ1) is 8.92. The van der Waals surface area contributed by atoms with Gasteiger partial charge in [0.25, 0.3) is 0 Å². The molecule has 1 N–H and O–H groups in total. The van der Waals surface area contributed by atoms with Crippen molar-refractivity contribution in [3.8, 4) is 22.4 Å². The second kappa shape index (κ2) is 3.61. The van der Waals surface area contributed by atoms with Crippen LogP contribution in [0.1, 0.15) is 11.1 Å². The van der Waals surface area contributed by atoms with Crippen molar-refractivity contribution in [3.05, 3.63) is 71.9 Å². The Morgan fingerprint density at radius 3 is 2.56 bits per heavy atom. The summed E-state index contributed by atoms with van der Waals surface area (Å²) in [7, 11) is 0. The summed E-state index contributed by atoms with van der Waals surface area (Å²) in [5.74, 6) is 0. The summed E-state index contributed by atoms with van der Waals surface area (Å²) in [5, 5.41) is 0. The number of benzene rings is 2. The van der Waals surface area contributed by atoms with E-state index in [2.05, 4.69) is 53.5 Å². The molecule has 3 aromatic rings. The van der Waals surface area contributed by atoms with Crippen molar-refractivity contribution in [2.45, 2.75) is 6.42 Å². The average Bonchev–Trinajstić information content (AvgIpc) is 3.05. The molecule has 0 saturated carbocycles. The van der Waals surface area contributed by atoms with Crippen molar-refractivity contribution in [2.75, 3.05) is 0 Å². The van der Waals surface area contributed by atoms with Gasteiger partial charge in [-0.05, 0) is 52.4 Å². The van der Waals surface area contributed by atoms with E-state index >= 15 is 0 Å². The van der Waals surface area contributed by atoms with Crippen molar-refractivity contribution in [2.24, 2.45) is 0 Å². The lowest BCUT2D eigenvalue weighted by atomic mass is 10.0. The number of aromatic amines is 1. The zero-order valence-corrected chi connectivity index (χ0v) is 9.98. The number of H-pyrrole nitrogens is 1. The Bertz CT molecular complexity index is 708. The molecule has 0 fully saturated rings. The minimum Gasteiger partial charge on any atom is -0.361 e. The van der Waals surface area contributed by atoms with E-state index in [-0.39, 0.29) is 0 Å². The quantitative estimate of drug-likeness (QED) is 0.504. The van der Waals surface area contributed by atoms with Gasteiger partial charge in [-0.1, -0.05) is 36.4 Å².